The van der Waals surface area contributed by atoms with Gasteiger partial charge < -0.3 is 10.2 Å². The molecule has 0 saturated carbocycles. The van der Waals surface area contributed by atoms with Crippen LogP contribution in [0.15, 0.2) is 48.5 Å². The van der Waals surface area contributed by atoms with Crippen LogP contribution in [-0.4, -0.2) is 35.8 Å². The van der Waals surface area contributed by atoms with Gasteiger partial charge in [-0.2, -0.15) is 0 Å². The van der Waals surface area contributed by atoms with Crippen LogP contribution < -0.4 is 5.32 Å². The Morgan fingerprint density at radius 1 is 0.967 bits per heavy atom. The summed E-state index contributed by atoms with van der Waals surface area (Å²) in [6.07, 6.45) is 3.63. The van der Waals surface area contributed by atoms with Gasteiger partial charge >= 0.3 is 0 Å². The van der Waals surface area contributed by atoms with Crippen LogP contribution in [0.1, 0.15) is 55.4 Å². The van der Waals surface area contributed by atoms with Gasteiger partial charge in [0.05, 0.1) is 6.42 Å². The van der Waals surface area contributed by atoms with Gasteiger partial charge in [-0.15, -0.1) is 0 Å². The lowest BCUT2D eigenvalue weighted by Gasteiger charge is -2.31. The average molecular weight is 409 g/mol. The zero-order valence-corrected chi connectivity index (χ0v) is 18.9. The maximum absolute atomic E-state index is 13.3. The molecule has 2 aromatic rings. The summed E-state index contributed by atoms with van der Waals surface area (Å²) in [4.78, 5) is 27.9. The van der Waals surface area contributed by atoms with Gasteiger partial charge in [0.2, 0.25) is 11.8 Å². The lowest BCUT2D eigenvalue weighted by Crippen LogP contribution is -2.50. The van der Waals surface area contributed by atoms with Gasteiger partial charge in [0, 0.05) is 13.1 Å². The first-order valence-corrected chi connectivity index (χ1v) is 11.1. The van der Waals surface area contributed by atoms with Crippen molar-refractivity contribution in [2.75, 3.05) is 13.1 Å². The Hall–Kier alpha value is -2.62. The summed E-state index contributed by atoms with van der Waals surface area (Å²) in [6.45, 7) is 9.40. The molecule has 1 atom stereocenters. The molecule has 30 heavy (non-hydrogen) atoms. The Bertz CT molecular complexity index is 817. The van der Waals surface area contributed by atoms with E-state index in [0.29, 0.717) is 25.9 Å². The minimum atomic E-state index is -0.440. The van der Waals surface area contributed by atoms with Crippen molar-refractivity contribution in [2.45, 2.75) is 65.8 Å². The summed E-state index contributed by atoms with van der Waals surface area (Å²) in [7, 11) is 0. The number of carbonyl (C=O) groups excluding carboxylic acids is 2. The highest BCUT2D eigenvalue weighted by Gasteiger charge is 2.28. The van der Waals surface area contributed by atoms with Gasteiger partial charge in [0.1, 0.15) is 6.04 Å². The van der Waals surface area contributed by atoms with Crippen molar-refractivity contribution in [1.29, 1.82) is 0 Å². The molecular formula is C26H36N2O2. The summed E-state index contributed by atoms with van der Waals surface area (Å²) in [5.41, 5.74) is 4.56. The summed E-state index contributed by atoms with van der Waals surface area (Å²) in [5, 5.41) is 3.02. The minimum absolute atomic E-state index is 0.00618. The molecule has 0 spiro atoms. The topological polar surface area (TPSA) is 49.4 Å². The minimum Gasteiger partial charge on any atom is -0.354 e. The maximum Gasteiger partial charge on any atom is 0.242 e. The zero-order valence-electron chi connectivity index (χ0n) is 18.9. The first kappa shape index (κ1) is 23.7. The van der Waals surface area contributed by atoms with Gasteiger partial charge in [-0.1, -0.05) is 68.8 Å². The number of hydrogen-bond donors (Lipinski definition) is 1. The van der Waals surface area contributed by atoms with E-state index in [1.165, 1.54) is 16.7 Å². The second kappa shape index (κ2) is 12.2. The third-order valence-electron chi connectivity index (χ3n) is 5.63. The molecule has 0 unspecified atom stereocenters. The smallest absolute Gasteiger partial charge is 0.242 e. The molecule has 1 N–H and O–H groups in total. The van der Waals surface area contributed by atoms with Crippen LogP contribution >= 0.6 is 0 Å². The van der Waals surface area contributed by atoms with E-state index in [-0.39, 0.29) is 11.8 Å². The third-order valence-corrected chi connectivity index (χ3v) is 5.63. The van der Waals surface area contributed by atoms with Crippen molar-refractivity contribution in [3.05, 3.63) is 70.8 Å². The Morgan fingerprint density at radius 3 is 2.33 bits per heavy atom. The van der Waals surface area contributed by atoms with E-state index < -0.39 is 6.04 Å². The van der Waals surface area contributed by atoms with Crippen LogP contribution in [-0.2, 0) is 22.4 Å². The number of amides is 2. The quantitative estimate of drug-likeness (QED) is 0.552. The van der Waals surface area contributed by atoms with Crippen LogP contribution in [0.3, 0.4) is 0 Å². The molecule has 4 nitrogen and oxygen atoms in total. The van der Waals surface area contributed by atoms with Crippen LogP contribution in [0.4, 0.5) is 0 Å². The standard InChI is InChI=1S/C26H36N2O2/c1-5-7-16-27-26(30)24(6-2)28(17-15-22-11-9-8-10-12-22)25(29)19-23-14-13-20(3)21(4)18-23/h8-14,18,24H,5-7,15-17,19H2,1-4H3,(H,27,30)/t24-/m0/s1. The van der Waals surface area contributed by atoms with E-state index >= 15 is 0 Å². The summed E-state index contributed by atoms with van der Waals surface area (Å²) < 4.78 is 0. The van der Waals surface area contributed by atoms with E-state index in [0.717, 1.165) is 24.8 Å². The fourth-order valence-corrected chi connectivity index (χ4v) is 3.59. The number of hydrogen-bond acceptors (Lipinski definition) is 2. The van der Waals surface area contributed by atoms with Crippen molar-refractivity contribution in [1.82, 2.24) is 10.2 Å². The molecule has 0 radical (unpaired) electrons. The zero-order chi connectivity index (χ0) is 21.9. The Morgan fingerprint density at radius 2 is 1.70 bits per heavy atom. The number of aryl methyl sites for hydroxylation is 2. The molecule has 2 rings (SSSR count). The van der Waals surface area contributed by atoms with Crippen LogP contribution in [0.5, 0.6) is 0 Å². The predicted molar refractivity (Wildman–Crippen MR) is 123 cm³/mol. The summed E-state index contributed by atoms with van der Waals surface area (Å²) in [5.74, 6) is -0.0425. The normalized spacial score (nSPS) is 11.7. The molecule has 2 aromatic carbocycles. The van der Waals surface area contributed by atoms with Gasteiger partial charge in [0.25, 0.3) is 0 Å². The Balaban J connectivity index is 2.17. The lowest BCUT2D eigenvalue weighted by molar-refractivity contribution is -0.140. The summed E-state index contributed by atoms with van der Waals surface area (Å²) in [6, 6.07) is 15.8. The Kier molecular flexibility index (Phi) is 9.59. The van der Waals surface area contributed by atoms with E-state index in [1.807, 2.05) is 31.2 Å². The monoisotopic (exact) mass is 408 g/mol. The van der Waals surface area contributed by atoms with Gasteiger partial charge in [-0.25, -0.2) is 0 Å². The van der Waals surface area contributed by atoms with Crippen LogP contribution in [0, 0.1) is 13.8 Å². The van der Waals surface area contributed by atoms with Crippen molar-refractivity contribution in [2.24, 2.45) is 0 Å². The molecule has 0 saturated heterocycles. The van der Waals surface area contributed by atoms with Crippen molar-refractivity contribution >= 4 is 11.8 Å². The highest BCUT2D eigenvalue weighted by atomic mass is 16.2. The number of benzene rings is 2. The SMILES string of the molecule is CCCCNC(=O)[C@H](CC)N(CCc1ccccc1)C(=O)Cc1ccc(C)c(C)c1. The number of carbonyl (C=O) groups is 2. The second-order valence-corrected chi connectivity index (χ2v) is 7.99. The lowest BCUT2D eigenvalue weighted by atomic mass is 10.0. The van der Waals surface area contributed by atoms with Crippen molar-refractivity contribution < 1.29 is 9.59 Å². The van der Waals surface area contributed by atoms with Crippen molar-refractivity contribution in [3.63, 3.8) is 0 Å². The highest BCUT2D eigenvalue weighted by molar-refractivity contribution is 5.88. The first-order chi connectivity index (χ1) is 14.5. The molecule has 0 heterocycles. The van der Waals surface area contributed by atoms with Crippen LogP contribution in [0.2, 0.25) is 0 Å². The average Bonchev–Trinajstić information content (AvgIpc) is 2.74. The molecule has 162 valence electrons. The van der Waals surface area contributed by atoms with Gasteiger partial charge in [0.15, 0.2) is 0 Å². The maximum atomic E-state index is 13.3. The third kappa shape index (κ3) is 7.01. The molecular weight excluding hydrogens is 372 g/mol. The molecule has 0 aliphatic rings. The molecule has 4 heteroatoms. The predicted octanol–water partition coefficient (Wildman–Crippen LogP) is 4.61. The molecule has 0 aliphatic heterocycles. The van der Waals surface area contributed by atoms with E-state index in [9.17, 15) is 9.59 Å². The molecule has 2 amide bonds. The van der Waals surface area contributed by atoms with Crippen LogP contribution in [0.25, 0.3) is 0 Å². The van der Waals surface area contributed by atoms with E-state index in [1.54, 1.807) is 4.90 Å². The second-order valence-electron chi connectivity index (χ2n) is 7.99. The fraction of sp³-hybridized carbons (Fsp3) is 0.462. The highest BCUT2D eigenvalue weighted by Crippen LogP contribution is 2.15. The number of rotatable bonds is 11. The Labute approximate surface area is 181 Å². The molecule has 0 bridgehead atoms. The molecule has 0 fully saturated rings. The van der Waals surface area contributed by atoms with Crippen molar-refractivity contribution in [3.8, 4) is 0 Å². The molecule has 0 aromatic heterocycles. The van der Waals surface area contributed by atoms with E-state index in [4.69, 9.17) is 0 Å². The van der Waals surface area contributed by atoms with Gasteiger partial charge in [-0.3, -0.25) is 9.59 Å². The number of nitrogens with one attached hydrogen (secondary N) is 1. The molecule has 0 aliphatic carbocycles. The van der Waals surface area contributed by atoms with Gasteiger partial charge in [-0.05, 0) is 55.4 Å². The van der Waals surface area contributed by atoms with E-state index in [2.05, 4.69) is 50.4 Å². The fourth-order valence-electron chi connectivity index (χ4n) is 3.59. The number of nitrogens with zero attached hydrogens (tertiary/aromatic N) is 1. The largest absolute Gasteiger partial charge is 0.354 e. The first-order valence-electron chi connectivity index (χ1n) is 11.1. The summed E-state index contributed by atoms with van der Waals surface area (Å²) >= 11 is 0. The number of unbranched alkanes of at least 4 members (excludes halogenated alkanes) is 1.